The Morgan fingerprint density at radius 2 is 0.886 bits per heavy atom. The van der Waals surface area contributed by atoms with Crippen LogP contribution in [0.3, 0.4) is 0 Å². The topological polar surface area (TPSA) is 14.2 Å². The van der Waals surface area contributed by atoms with Crippen molar-refractivity contribution in [3.8, 4) is 0 Å². The molecule has 2 aromatic carbocycles. The van der Waals surface area contributed by atoms with E-state index in [2.05, 4.69) is 82.1 Å². The molecule has 35 heavy (non-hydrogen) atoms. The summed E-state index contributed by atoms with van der Waals surface area (Å²) >= 11 is 12.0. The Balaban J connectivity index is 1.13. The molecule has 0 bridgehead atoms. The fraction of sp³-hybridized carbons (Fsp3) is 0.241. The summed E-state index contributed by atoms with van der Waals surface area (Å²) in [5.41, 5.74) is 4.57. The van der Waals surface area contributed by atoms with Gasteiger partial charge < -0.3 is 9.80 Å². The number of hydrogen-bond donors (Lipinski definition) is 0. The predicted octanol–water partition coefficient (Wildman–Crippen LogP) is 6.44. The van der Waals surface area contributed by atoms with E-state index < -0.39 is 0 Å². The van der Waals surface area contributed by atoms with E-state index in [1.165, 1.54) is 6.42 Å². The molecule has 2 heterocycles. The van der Waals surface area contributed by atoms with Crippen molar-refractivity contribution in [3.63, 3.8) is 0 Å². The monoisotopic (exact) mass is 504 g/mol. The fourth-order valence-electron chi connectivity index (χ4n) is 4.52. The Morgan fingerprint density at radius 3 is 1.23 bits per heavy atom. The summed E-state index contributed by atoms with van der Waals surface area (Å²) in [7, 11) is 4.16. The maximum atomic E-state index is 6.02. The standard InChI is InChI=1S/C29H30Cl2N4/c1-32(26-7-3-24(30)4-8-26)28-11-15-34(16-12-28)20-22-19-23(22)21-35-17-13-29(14-18-35)33(2)27-9-5-25(31)6-10-27/h3-18,22-23H,19-21H2,1-2H3/q+2/t22-,23-/m1/s1. The van der Waals surface area contributed by atoms with Crippen molar-refractivity contribution < 1.29 is 9.13 Å². The maximum absolute atomic E-state index is 6.02. The molecule has 4 nitrogen and oxygen atoms in total. The second kappa shape index (κ2) is 10.3. The molecular weight excluding hydrogens is 475 g/mol. The van der Waals surface area contributed by atoms with Gasteiger partial charge in [0.15, 0.2) is 37.9 Å². The Labute approximate surface area is 217 Å². The van der Waals surface area contributed by atoms with Gasteiger partial charge in [-0.05, 0) is 55.0 Å². The summed E-state index contributed by atoms with van der Waals surface area (Å²) in [5.74, 6) is 1.45. The molecule has 1 fully saturated rings. The Bertz CT molecular complexity index is 1160. The minimum absolute atomic E-state index is 0.726. The molecule has 2 atom stereocenters. The molecule has 0 aliphatic heterocycles. The lowest BCUT2D eigenvalue weighted by atomic mass is 10.2. The van der Waals surface area contributed by atoms with Crippen molar-refractivity contribution >= 4 is 46.0 Å². The average Bonchev–Trinajstić information content (AvgIpc) is 3.61. The molecule has 0 radical (unpaired) electrons. The highest BCUT2D eigenvalue weighted by molar-refractivity contribution is 6.30. The Morgan fingerprint density at radius 1 is 0.571 bits per heavy atom. The van der Waals surface area contributed by atoms with Crippen LogP contribution in [0.5, 0.6) is 0 Å². The van der Waals surface area contributed by atoms with E-state index >= 15 is 0 Å². The second-order valence-corrected chi connectivity index (χ2v) is 10.2. The van der Waals surface area contributed by atoms with Gasteiger partial charge in [0, 0.05) is 71.6 Å². The Hall–Kier alpha value is -3.08. The zero-order chi connectivity index (χ0) is 24.4. The molecule has 1 aliphatic carbocycles. The molecule has 0 amide bonds. The third-order valence-electron chi connectivity index (χ3n) is 6.91. The normalized spacial score (nSPS) is 16.7. The molecule has 2 aromatic heterocycles. The number of halogens is 2. The van der Waals surface area contributed by atoms with Gasteiger partial charge in [-0.25, -0.2) is 9.13 Å². The lowest BCUT2D eigenvalue weighted by Gasteiger charge is -2.18. The molecule has 0 saturated heterocycles. The van der Waals surface area contributed by atoms with Crippen LogP contribution in [-0.2, 0) is 13.1 Å². The molecule has 0 N–H and O–H groups in total. The van der Waals surface area contributed by atoms with Crippen LogP contribution in [0.1, 0.15) is 6.42 Å². The molecule has 6 heteroatoms. The summed E-state index contributed by atoms with van der Waals surface area (Å²) in [6.45, 7) is 2.13. The SMILES string of the molecule is CN(c1ccc(Cl)cc1)c1cc[n+](C[C@H]2C[C@@H]2C[n+]2ccc(N(C)c3ccc(Cl)cc3)cc2)cc1. The summed E-state index contributed by atoms with van der Waals surface area (Å²) < 4.78 is 4.61. The molecule has 4 aromatic rings. The van der Waals surface area contributed by atoms with Gasteiger partial charge >= 0.3 is 0 Å². The van der Waals surface area contributed by atoms with Crippen LogP contribution in [0, 0.1) is 11.8 Å². The zero-order valence-electron chi connectivity index (χ0n) is 20.1. The lowest BCUT2D eigenvalue weighted by molar-refractivity contribution is -0.709. The van der Waals surface area contributed by atoms with Crippen molar-refractivity contribution in [1.82, 2.24) is 0 Å². The number of rotatable bonds is 8. The quantitative estimate of drug-likeness (QED) is 0.256. The van der Waals surface area contributed by atoms with Gasteiger partial charge in [0.2, 0.25) is 0 Å². The maximum Gasteiger partial charge on any atom is 0.170 e. The summed E-state index contributed by atoms with van der Waals surface area (Å²) in [4.78, 5) is 4.34. The van der Waals surface area contributed by atoms with E-state index in [0.717, 1.165) is 57.7 Å². The molecule has 1 aliphatic rings. The van der Waals surface area contributed by atoms with Crippen molar-refractivity contribution in [3.05, 3.63) is 108 Å². The second-order valence-electron chi connectivity index (χ2n) is 9.33. The Kier molecular flexibility index (Phi) is 6.94. The van der Waals surface area contributed by atoms with E-state index in [4.69, 9.17) is 23.2 Å². The van der Waals surface area contributed by atoms with Gasteiger partial charge in [-0.1, -0.05) is 23.2 Å². The first-order valence-electron chi connectivity index (χ1n) is 11.9. The first kappa shape index (κ1) is 23.7. The van der Waals surface area contributed by atoms with E-state index in [9.17, 15) is 0 Å². The van der Waals surface area contributed by atoms with E-state index in [1.807, 2.05) is 48.5 Å². The third-order valence-corrected chi connectivity index (χ3v) is 7.41. The van der Waals surface area contributed by atoms with E-state index in [0.29, 0.717) is 0 Å². The molecular formula is C29H30Cl2N4+2. The first-order chi connectivity index (χ1) is 17.0. The highest BCUT2D eigenvalue weighted by atomic mass is 35.5. The van der Waals surface area contributed by atoms with E-state index in [1.54, 1.807) is 0 Å². The van der Waals surface area contributed by atoms with Crippen LogP contribution in [0.4, 0.5) is 22.7 Å². The van der Waals surface area contributed by atoms with Gasteiger partial charge in [-0.3, -0.25) is 0 Å². The number of aromatic nitrogens is 2. The van der Waals surface area contributed by atoms with Gasteiger partial charge in [-0.2, -0.15) is 0 Å². The van der Waals surface area contributed by atoms with Crippen LogP contribution < -0.4 is 18.9 Å². The smallest absolute Gasteiger partial charge is 0.170 e. The van der Waals surface area contributed by atoms with E-state index in [-0.39, 0.29) is 0 Å². The number of hydrogen-bond acceptors (Lipinski definition) is 2. The first-order valence-corrected chi connectivity index (χ1v) is 12.7. The predicted molar refractivity (Wildman–Crippen MR) is 144 cm³/mol. The molecule has 5 rings (SSSR count). The largest absolute Gasteiger partial charge is 0.344 e. The summed E-state index contributed by atoms with van der Waals surface area (Å²) in [6.07, 6.45) is 10.0. The van der Waals surface area contributed by atoms with Gasteiger partial charge in [0.25, 0.3) is 0 Å². The molecule has 1 saturated carbocycles. The van der Waals surface area contributed by atoms with Gasteiger partial charge in [-0.15, -0.1) is 0 Å². The van der Waals surface area contributed by atoms with Crippen molar-refractivity contribution in [1.29, 1.82) is 0 Å². The highest BCUT2D eigenvalue weighted by Crippen LogP contribution is 2.39. The number of anilines is 4. The third kappa shape index (κ3) is 5.77. The fourth-order valence-corrected chi connectivity index (χ4v) is 4.77. The van der Waals surface area contributed by atoms with Crippen molar-refractivity contribution in [2.75, 3.05) is 23.9 Å². The van der Waals surface area contributed by atoms with Crippen molar-refractivity contribution in [2.45, 2.75) is 19.5 Å². The van der Waals surface area contributed by atoms with Gasteiger partial charge in [0.1, 0.15) is 0 Å². The van der Waals surface area contributed by atoms with Crippen LogP contribution >= 0.6 is 23.2 Å². The average molecular weight is 505 g/mol. The number of nitrogens with zero attached hydrogens (tertiary/aromatic N) is 4. The van der Waals surface area contributed by atoms with Crippen LogP contribution in [0.2, 0.25) is 10.0 Å². The van der Waals surface area contributed by atoms with Crippen LogP contribution in [0.15, 0.2) is 97.6 Å². The zero-order valence-corrected chi connectivity index (χ0v) is 21.6. The number of pyridine rings is 2. The molecule has 0 spiro atoms. The molecule has 0 unspecified atom stereocenters. The molecule has 178 valence electrons. The summed E-state index contributed by atoms with van der Waals surface area (Å²) in [5, 5.41) is 1.51. The minimum Gasteiger partial charge on any atom is -0.344 e. The van der Waals surface area contributed by atoms with Gasteiger partial charge in [0.05, 0.1) is 11.4 Å². The van der Waals surface area contributed by atoms with Crippen LogP contribution in [-0.4, -0.2) is 14.1 Å². The lowest BCUT2D eigenvalue weighted by Crippen LogP contribution is -2.37. The minimum atomic E-state index is 0.726. The number of benzene rings is 2. The van der Waals surface area contributed by atoms with Crippen LogP contribution in [0.25, 0.3) is 0 Å². The van der Waals surface area contributed by atoms with Crippen molar-refractivity contribution in [2.24, 2.45) is 11.8 Å². The highest BCUT2D eigenvalue weighted by Gasteiger charge is 2.42. The summed E-state index contributed by atoms with van der Waals surface area (Å²) in [6, 6.07) is 24.6.